The lowest BCUT2D eigenvalue weighted by Crippen LogP contribution is -2.53. The van der Waals surface area contributed by atoms with Gasteiger partial charge in [-0.25, -0.2) is 0 Å². The van der Waals surface area contributed by atoms with Gasteiger partial charge in [0.15, 0.2) is 0 Å². The quantitative estimate of drug-likeness (QED) is 0.730. The highest BCUT2D eigenvalue weighted by atomic mass is 16.4. The fourth-order valence-corrected chi connectivity index (χ4v) is 5.37. The minimum absolute atomic E-state index is 0.0419. The van der Waals surface area contributed by atoms with Crippen molar-refractivity contribution < 1.29 is 15.0 Å². The van der Waals surface area contributed by atoms with Crippen LogP contribution in [0.15, 0.2) is 23.8 Å². The van der Waals surface area contributed by atoms with Crippen molar-refractivity contribution >= 4 is 5.97 Å². The Morgan fingerprint density at radius 2 is 2.09 bits per heavy atom. The SMILES string of the molecule is C=C1CC[C@H]2[C@](C)(CCC[C@@]2(C)C(=O)O)[C@@H]1CC/C(C)=C\CO. The first kappa shape index (κ1) is 18.3. The lowest BCUT2D eigenvalue weighted by molar-refractivity contribution is -0.164. The van der Waals surface area contributed by atoms with E-state index in [9.17, 15) is 9.90 Å². The molecule has 23 heavy (non-hydrogen) atoms. The molecule has 0 bridgehead atoms. The van der Waals surface area contributed by atoms with Gasteiger partial charge in [0.1, 0.15) is 0 Å². The number of carboxylic acid groups (broad SMARTS) is 1. The molecule has 0 radical (unpaired) electrons. The van der Waals surface area contributed by atoms with Gasteiger partial charge in [-0.2, -0.15) is 0 Å². The Kier molecular flexibility index (Phi) is 5.40. The molecule has 3 nitrogen and oxygen atoms in total. The Balaban J connectivity index is 2.26. The maximum absolute atomic E-state index is 12.0. The molecule has 2 aliphatic rings. The topological polar surface area (TPSA) is 57.5 Å². The largest absolute Gasteiger partial charge is 0.481 e. The number of hydrogen-bond acceptors (Lipinski definition) is 2. The molecule has 2 saturated carbocycles. The van der Waals surface area contributed by atoms with Gasteiger partial charge < -0.3 is 10.2 Å². The molecule has 0 heterocycles. The lowest BCUT2D eigenvalue weighted by Gasteiger charge is -2.57. The van der Waals surface area contributed by atoms with Crippen molar-refractivity contribution in [3.8, 4) is 0 Å². The van der Waals surface area contributed by atoms with Crippen LogP contribution in [-0.4, -0.2) is 22.8 Å². The van der Waals surface area contributed by atoms with Gasteiger partial charge in [0.2, 0.25) is 0 Å². The van der Waals surface area contributed by atoms with E-state index in [0.29, 0.717) is 5.92 Å². The summed E-state index contributed by atoms with van der Waals surface area (Å²) in [6.07, 6.45) is 8.65. The third-order valence-corrected chi connectivity index (χ3v) is 6.78. The Morgan fingerprint density at radius 1 is 1.39 bits per heavy atom. The first-order chi connectivity index (χ1) is 10.8. The first-order valence-electron chi connectivity index (χ1n) is 8.93. The van der Waals surface area contributed by atoms with Crippen LogP contribution in [0.25, 0.3) is 0 Å². The van der Waals surface area contributed by atoms with Gasteiger partial charge in [-0.05, 0) is 69.6 Å². The summed E-state index contributed by atoms with van der Waals surface area (Å²) in [6.45, 7) is 10.7. The summed E-state index contributed by atoms with van der Waals surface area (Å²) < 4.78 is 0. The summed E-state index contributed by atoms with van der Waals surface area (Å²) in [5, 5.41) is 18.9. The number of carboxylic acids is 1. The number of fused-ring (bicyclic) bond motifs is 1. The summed E-state index contributed by atoms with van der Waals surface area (Å²) in [6, 6.07) is 0. The number of allylic oxidation sites excluding steroid dienone is 2. The van der Waals surface area contributed by atoms with Crippen LogP contribution in [0.4, 0.5) is 0 Å². The van der Waals surface area contributed by atoms with E-state index in [4.69, 9.17) is 5.11 Å². The molecular formula is C20H32O3. The van der Waals surface area contributed by atoms with Gasteiger partial charge in [-0.15, -0.1) is 0 Å². The molecule has 0 aromatic rings. The van der Waals surface area contributed by atoms with Crippen LogP contribution in [-0.2, 0) is 4.79 Å². The van der Waals surface area contributed by atoms with Crippen molar-refractivity contribution in [2.75, 3.05) is 6.61 Å². The molecule has 2 N–H and O–H groups in total. The van der Waals surface area contributed by atoms with Crippen LogP contribution < -0.4 is 0 Å². The van der Waals surface area contributed by atoms with Crippen LogP contribution in [0.5, 0.6) is 0 Å². The average molecular weight is 320 g/mol. The molecule has 3 heteroatoms. The minimum Gasteiger partial charge on any atom is -0.481 e. The van der Waals surface area contributed by atoms with Gasteiger partial charge in [0.25, 0.3) is 0 Å². The number of rotatable bonds is 5. The fourth-order valence-electron chi connectivity index (χ4n) is 5.37. The molecule has 2 fully saturated rings. The van der Waals surface area contributed by atoms with E-state index in [-0.39, 0.29) is 17.9 Å². The molecule has 0 saturated heterocycles. The van der Waals surface area contributed by atoms with E-state index in [0.717, 1.165) is 44.9 Å². The van der Waals surface area contributed by atoms with Crippen molar-refractivity contribution in [1.29, 1.82) is 0 Å². The Bertz CT molecular complexity index is 507. The van der Waals surface area contributed by atoms with E-state index in [1.54, 1.807) is 0 Å². The summed E-state index contributed by atoms with van der Waals surface area (Å²) in [4.78, 5) is 12.0. The fraction of sp³-hybridized carbons (Fsp3) is 0.750. The molecule has 0 aromatic heterocycles. The van der Waals surface area contributed by atoms with Gasteiger partial charge in [-0.3, -0.25) is 4.79 Å². The highest BCUT2D eigenvalue weighted by Crippen LogP contribution is 2.62. The maximum Gasteiger partial charge on any atom is 0.309 e. The Morgan fingerprint density at radius 3 is 2.70 bits per heavy atom. The number of aliphatic hydroxyl groups excluding tert-OH is 1. The van der Waals surface area contributed by atoms with Crippen molar-refractivity contribution in [3.63, 3.8) is 0 Å². The van der Waals surface area contributed by atoms with Crippen molar-refractivity contribution in [2.24, 2.45) is 22.7 Å². The lowest BCUT2D eigenvalue weighted by atomic mass is 9.46. The first-order valence-corrected chi connectivity index (χ1v) is 8.93. The van der Waals surface area contributed by atoms with Crippen molar-refractivity contribution in [3.05, 3.63) is 23.8 Å². The average Bonchev–Trinajstić information content (AvgIpc) is 2.46. The summed E-state index contributed by atoms with van der Waals surface area (Å²) >= 11 is 0. The second kappa shape index (κ2) is 6.80. The number of hydrogen-bond donors (Lipinski definition) is 2. The van der Waals surface area contributed by atoms with Crippen LogP contribution >= 0.6 is 0 Å². The zero-order chi connectivity index (χ0) is 17.3. The monoisotopic (exact) mass is 320 g/mol. The molecule has 4 atom stereocenters. The van der Waals surface area contributed by atoms with Gasteiger partial charge >= 0.3 is 5.97 Å². The molecule has 0 aromatic carbocycles. The highest BCUT2D eigenvalue weighted by molar-refractivity contribution is 5.75. The summed E-state index contributed by atoms with van der Waals surface area (Å²) in [7, 11) is 0. The highest BCUT2D eigenvalue weighted by Gasteiger charge is 2.57. The van der Waals surface area contributed by atoms with E-state index in [1.165, 1.54) is 11.1 Å². The molecule has 0 amide bonds. The third-order valence-electron chi connectivity index (χ3n) is 6.78. The zero-order valence-electron chi connectivity index (χ0n) is 14.9. The van der Waals surface area contributed by atoms with Crippen LogP contribution in [0.2, 0.25) is 0 Å². The molecule has 0 unspecified atom stereocenters. The second-order valence-electron chi connectivity index (χ2n) is 8.16. The molecule has 2 aliphatic carbocycles. The van der Waals surface area contributed by atoms with E-state index in [1.807, 2.05) is 13.0 Å². The second-order valence-corrected chi connectivity index (χ2v) is 8.16. The van der Waals surface area contributed by atoms with Crippen molar-refractivity contribution in [1.82, 2.24) is 0 Å². The molecule has 130 valence electrons. The number of aliphatic hydroxyl groups is 1. The smallest absolute Gasteiger partial charge is 0.309 e. The Labute approximate surface area is 140 Å². The van der Waals surface area contributed by atoms with Gasteiger partial charge in [0.05, 0.1) is 12.0 Å². The van der Waals surface area contributed by atoms with Crippen molar-refractivity contribution in [2.45, 2.75) is 65.7 Å². The number of aliphatic carboxylic acids is 1. The van der Waals surface area contributed by atoms with E-state index >= 15 is 0 Å². The van der Waals surface area contributed by atoms with Gasteiger partial charge in [0, 0.05) is 0 Å². The molecule has 0 aliphatic heterocycles. The maximum atomic E-state index is 12.0. The minimum atomic E-state index is -0.629. The third kappa shape index (κ3) is 3.26. The van der Waals surface area contributed by atoms with Gasteiger partial charge in [-0.1, -0.05) is 37.1 Å². The number of carbonyl (C=O) groups is 1. The van der Waals surface area contributed by atoms with Crippen LogP contribution in [0.1, 0.15) is 65.7 Å². The molecule has 2 rings (SSSR count). The summed E-state index contributed by atoms with van der Waals surface area (Å²) in [5.74, 6) is -0.00260. The van der Waals surface area contributed by atoms with Crippen LogP contribution in [0.3, 0.4) is 0 Å². The predicted octanol–water partition coefficient (Wildman–Crippen LogP) is 4.57. The Hall–Kier alpha value is -1.09. The zero-order valence-corrected chi connectivity index (χ0v) is 14.9. The summed E-state index contributed by atoms with van der Waals surface area (Å²) in [5.41, 5.74) is 1.96. The predicted molar refractivity (Wildman–Crippen MR) is 93.1 cm³/mol. The molecular weight excluding hydrogens is 288 g/mol. The van der Waals surface area contributed by atoms with E-state index < -0.39 is 11.4 Å². The molecule has 0 spiro atoms. The standard InChI is InChI=1S/C20H32O3/c1-14(10-13-21)6-8-16-15(2)7-9-17-19(16,3)11-5-12-20(17,4)18(22)23/h10,16-17,21H,2,5-9,11-13H2,1,3-4H3,(H,22,23)/b14-10-/t16-,17+,19-,20-/m1/s1. The van der Waals surface area contributed by atoms with E-state index in [2.05, 4.69) is 20.4 Å². The van der Waals surface area contributed by atoms with Crippen LogP contribution in [0, 0.1) is 22.7 Å². The normalized spacial score (nSPS) is 38.3.